The van der Waals surface area contributed by atoms with E-state index >= 15 is 0 Å². The Morgan fingerprint density at radius 2 is 1.61 bits per heavy atom. The lowest BCUT2D eigenvalue weighted by Gasteiger charge is -2.25. The molecule has 0 fully saturated rings. The van der Waals surface area contributed by atoms with Crippen molar-refractivity contribution < 1.29 is 14.4 Å². The Labute approximate surface area is 106 Å². The first-order valence-corrected chi connectivity index (χ1v) is 5.91. The van der Waals surface area contributed by atoms with Crippen LogP contribution in [0.4, 0.5) is 0 Å². The zero-order valence-electron chi connectivity index (χ0n) is 10.5. The van der Waals surface area contributed by atoms with Crippen molar-refractivity contribution in [1.82, 2.24) is 0 Å². The van der Waals surface area contributed by atoms with Gasteiger partial charge in [0.15, 0.2) is 0 Å². The highest BCUT2D eigenvalue weighted by Gasteiger charge is 2.28. The molecule has 0 heterocycles. The van der Waals surface area contributed by atoms with Crippen molar-refractivity contribution >= 4 is 18.2 Å². The first-order valence-electron chi connectivity index (χ1n) is 5.91. The van der Waals surface area contributed by atoms with Gasteiger partial charge in [-0.1, -0.05) is 19.8 Å². The van der Waals surface area contributed by atoms with Crippen LogP contribution in [0.5, 0.6) is 0 Å². The van der Waals surface area contributed by atoms with Crippen LogP contribution in [0.1, 0.15) is 39.0 Å². The van der Waals surface area contributed by atoms with E-state index in [0.717, 1.165) is 12.8 Å². The zero-order valence-corrected chi connectivity index (χ0v) is 10.5. The maximum Gasteiger partial charge on any atom is 0.235 e. The molecule has 0 N–H and O–H groups in total. The van der Waals surface area contributed by atoms with Gasteiger partial charge in [0.2, 0.25) is 18.2 Å². The average Bonchev–Trinajstić information content (AvgIpc) is 2.39. The maximum absolute atomic E-state index is 10.5. The third kappa shape index (κ3) is 6.66. The number of rotatable bonds is 10. The molecule has 0 saturated carbocycles. The van der Waals surface area contributed by atoms with Crippen LogP contribution >= 0.6 is 0 Å². The molecule has 0 aromatic carbocycles. The molecular weight excluding hydrogens is 234 g/mol. The second-order valence-electron chi connectivity index (χ2n) is 4.02. The number of hydrogen-bond donors (Lipinski definition) is 0. The molecule has 0 bridgehead atoms. The summed E-state index contributed by atoms with van der Waals surface area (Å²) in [4.78, 5) is 41.5. The summed E-state index contributed by atoms with van der Waals surface area (Å²) in [5.74, 6) is 0. The Bertz CT molecular complexity index is 378. The minimum atomic E-state index is -0.715. The van der Waals surface area contributed by atoms with Crippen LogP contribution < -0.4 is 0 Å². The average molecular weight is 251 g/mol. The van der Waals surface area contributed by atoms with E-state index in [-0.39, 0.29) is 6.54 Å². The van der Waals surface area contributed by atoms with E-state index in [2.05, 4.69) is 15.0 Å². The smallest absolute Gasteiger partial charge is 0.211 e. The maximum atomic E-state index is 10.5. The standard InChI is InChI=1S/C12H17N3O3/c1-2-3-5-12(15-11-18,8-14-10-17)6-4-7-13-9-16/h2-8H2,1H3. The molecule has 0 amide bonds. The molecule has 0 aliphatic heterocycles. The van der Waals surface area contributed by atoms with Gasteiger partial charge in [0, 0.05) is 0 Å². The number of isocyanates is 3. The summed E-state index contributed by atoms with van der Waals surface area (Å²) in [6.07, 6.45) is 8.04. The molecule has 1 atom stereocenters. The zero-order chi connectivity index (χ0) is 13.7. The minimum absolute atomic E-state index is 0.122. The summed E-state index contributed by atoms with van der Waals surface area (Å²) in [5, 5.41) is 0. The van der Waals surface area contributed by atoms with Gasteiger partial charge in [0.05, 0.1) is 18.6 Å². The molecule has 98 valence electrons. The first-order chi connectivity index (χ1) is 8.74. The van der Waals surface area contributed by atoms with Gasteiger partial charge < -0.3 is 0 Å². The van der Waals surface area contributed by atoms with E-state index in [1.807, 2.05) is 6.92 Å². The second-order valence-corrected chi connectivity index (χ2v) is 4.02. The lowest BCUT2D eigenvalue weighted by molar-refractivity contribution is 0.357. The van der Waals surface area contributed by atoms with Gasteiger partial charge in [0.1, 0.15) is 0 Å². The molecule has 0 rings (SSSR count). The number of unbranched alkanes of at least 4 members (excludes halogenated alkanes) is 1. The highest BCUT2D eigenvalue weighted by molar-refractivity contribution is 5.36. The predicted octanol–water partition coefficient (Wildman–Crippen LogP) is 1.70. The molecule has 18 heavy (non-hydrogen) atoms. The normalized spacial score (nSPS) is 12.5. The number of nitrogens with zero attached hydrogens (tertiary/aromatic N) is 3. The highest BCUT2D eigenvalue weighted by Crippen LogP contribution is 2.25. The molecule has 0 aromatic rings. The predicted molar refractivity (Wildman–Crippen MR) is 65.6 cm³/mol. The number of aliphatic imine (C=N–C) groups is 3. The fourth-order valence-electron chi connectivity index (χ4n) is 1.75. The second kappa shape index (κ2) is 10.3. The van der Waals surface area contributed by atoms with E-state index in [0.29, 0.717) is 25.8 Å². The van der Waals surface area contributed by atoms with Crippen molar-refractivity contribution in [2.24, 2.45) is 15.0 Å². The largest absolute Gasteiger partial charge is 0.235 e. The summed E-state index contributed by atoms with van der Waals surface area (Å²) < 4.78 is 0. The number of carbonyl (C=O) groups excluding carboxylic acids is 3. The van der Waals surface area contributed by atoms with Gasteiger partial charge >= 0.3 is 0 Å². The van der Waals surface area contributed by atoms with E-state index in [9.17, 15) is 14.4 Å². The Balaban J connectivity index is 4.73. The van der Waals surface area contributed by atoms with Gasteiger partial charge in [-0.2, -0.15) is 4.99 Å². The summed E-state index contributed by atoms with van der Waals surface area (Å²) in [5.41, 5.74) is -0.715. The fourth-order valence-corrected chi connectivity index (χ4v) is 1.75. The van der Waals surface area contributed by atoms with Crippen molar-refractivity contribution in [3.05, 3.63) is 0 Å². The van der Waals surface area contributed by atoms with Crippen LogP contribution in [0.15, 0.2) is 15.0 Å². The minimum Gasteiger partial charge on any atom is -0.211 e. The topological polar surface area (TPSA) is 88.3 Å². The van der Waals surface area contributed by atoms with Gasteiger partial charge in [-0.25, -0.2) is 24.4 Å². The van der Waals surface area contributed by atoms with Crippen molar-refractivity contribution in [1.29, 1.82) is 0 Å². The fraction of sp³-hybridized carbons (Fsp3) is 0.750. The van der Waals surface area contributed by atoms with Crippen LogP contribution in [0, 0.1) is 0 Å². The SMILES string of the molecule is CCCCC(CCCN=C=O)(CN=C=O)N=C=O. The van der Waals surface area contributed by atoms with E-state index in [1.54, 1.807) is 6.08 Å². The third-order valence-corrected chi connectivity index (χ3v) is 2.69. The summed E-state index contributed by atoms with van der Waals surface area (Å²) in [7, 11) is 0. The van der Waals surface area contributed by atoms with E-state index in [1.165, 1.54) is 12.2 Å². The molecule has 0 radical (unpaired) electrons. The lowest BCUT2D eigenvalue weighted by atomic mass is 9.88. The van der Waals surface area contributed by atoms with E-state index < -0.39 is 5.54 Å². The van der Waals surface area contributed by atoms with Gasteiger partial charge in [0.25, 0.3) is 0 Å². The van der Waals surface area contributed by atoms with Crippen LogP contribution in [0.2, 0.25) is 0 Å². The lowest BCUT2D eigenvalue weighted by Crippen LogP contribution is -2.30. The Morgan fingerprint density at radius 1 is 0.944 bits per heavy atom. The Morgan fingerprint density at radius 3 is 2.17 bits per heavy atom. The Hall–Kier alpha value is -1.86. The van der Waals surface area contributed by atoms with Gasteiger partial charge in [-0.3, -0.25) is 0 Å². The molecule has 0 aliphatic carbocycles. The van der Waals surface area contributed by atoms with Gasteiger partial charge in [-0.15, -0.1) is 0 Å². The molecule has 6 nitrogen and oxygen atoms in total. The van der Waals surface area contributed by atoms with Crippen LogP contribution in [-0.2, 0) is 14.4 Å². The van der Waals surface area contributed by atoms with Crippen molar-refractivity contribution in [2.75, 3.05) is 13.1 Å². The van der Waals surface area contributed by atoms with Crippen LogP contribution in [0.25, 0.3) is 0 Å². The molecule has 6 heteroatoms. The molecule has 0 aliphatic rings. The Kier molecular flexibility index (Phi) is 9.24. The molecule has 0 spiro atoms. The number of hydrogen-bond acceptors (Lipinski definition) is 6. The monoisotopic (exact) mass is 251 g/mol. The first kappa shape index (κ1) is 16.1. The molecule has 0 aromatic heterocycles. The molecule has 1 unspecified atom stereocenters. The molecule has 0 saturated heterocycles. The summed E-state index contributed by atoms with van der Waals surface area (Å²) >= 11 is 0. The van der Waals surface area contributed by atoms with Crippen LogP contribution in [-0.4, -0.2) is 36.9 Å². The summed E-state index contributed by atoms with van der Waals surface area (Å²) in [6, 6.07) is 0. The van der Waals surface area contributed by atoms with E-state index in [4.69, 9.17) is 0 Å². The quantitative estimate of drug-likeness (QED) is 0.336. The third-order valence-electron chi connectivity index (χ3n) is 2.69. The molecular formula is C12H17N3O3. The van der Waals surface area contributed by atoms with Crippen LogP contribution in [0.3, 0.4) is 0 Å². The van der Waals surface area contributed by atoms with Crippen molar-refractivity contribution in [2.45, 2.75) is 44.6 Å². The summed E-state index contributed by atoms with van der Waals surface area (Å²) in [6.45, 7) is 2.47. The van der Waals surface area contributed by atoms with Crippen molar-refractivity contribution in [3.63, 3.8) is 0 Å². The van der Waals surface area contributed by atoms with Gasteiger partial charge in [-0.05, 0) is 19.3 Å². The highest BCUT2D eigenvalue weighted by atomic mass is 16.1. The van der Waals surface area contributed by atoms with Crippen molar-refractivity contribution in [3.8, 4) is 0 Å².